The van der Waals surface area contributed by atoms with Crippen molar-refractivity contribution in [3.63, 3.8) is 0 Å². The average molecular weight is 379 g/mol. The molecule has 3 heterocycles. The van der Waals surface area contributed by atoms with E-state index in [4.69, 9.17) is 10.5 Å². The van der Waals surface area contributed by atoms with Gasteiger partial charge in [-0.1, -0.05) is 6.07 Å². The van der Waals surface area contributed by atoms with Crippen LogP contribution < -0.4 is 15.8 Å². The number of rotatable bonds is 5. The summed E-state index contributed by atoms with van der Waals surface area (Å²) in [6.07, 6.45) is 1.71. The molecular formula is C19H18FN7O. The lowest BCUT2D eigenvalue weighted by Gasteiger charge is -2.10. The van der Waals surface area contributed by atoms with Gasteiger partial charge in [0.1, 0.15) is 17.4 Å². The Hall–Kier alpha value is -3.75. The van der Waals surface area contributed by atoms with E-state index in [1.165, 1.54) is 17.9 Å². The van der Waals surface area contributed by atoms with Crippen LogP contribution in [0.1, 0.15) is 5.69 Å². The topological polar surface area (TPSA) is 104 Å². The number of fused-ring (bicyclic) bond motifs is 1. The minimum absolute atomic E-state index is 0.286. The van der Waals surface area contributed by atoms with Crippen LogP contribution in [0.3, 0.4) is 0 Å². The Bertz CT molecular complexity index is 1140. The van der Waals surface area contributed by atoms with Crippen LogP contribution in [0.4, 0.5) is 16.2 Å². The van der Waals surface area contributed by atoms with E-state index in [-0.39, 0.29) is 5.56 Å². The SMILES string of the molecule is COc1ccc(-c2nc(NCc3ccccn3)nc3nn(C)c(N)c23)c(F)c1. The first-order chi connectivity index (χ1) is 13.6. The minimum atomic E-state index is -0.474. The second kappa shape index (κ2) is 7.10. The van der Waals surface area contributed by atoms with E-state index in [2.05, 4.69) is 25.4 Å². The number of nitrogens with one attached hydrogen (secondary N) is 1. The van der Waals surface area contributed by atoms with Gasteiger partial charge in [-0.2, -0.15) is 10.1 Å². The summed E-state index contributed by atoms with van der Waals surface area (Å²) in [7, 11) is 3.18. The van der Waals surface area contributed by atoms with Crippen molar-refractivity contribution in [2.75, 3.05) is 18.2 Å². The van der Waals surface area contributed by atoms with Gasteiger partial charge in [-0.25, -0.2) is 9.37 Å². The van der Waals surface area contributed by atoms with Crippen molar-refractivity contribution >= 4 is 22.8 Å². The molecule has 0 bridgehead atoms. The predicted octanol–water partition coefficient (Wildman–Crippen LogP) is 2.77. The van der Waals surface area contributed by atoms with Crippen LogP contribution in [0.25, 0.3) is 22.3 Å². The highest BCUT2D eigenvalue weighted by Crippen LogP contribution is 2.33. The molecule has 0 spiro atoms. The molecule has 3 aromatic heterocycles. The number of aryl methyl sites for hydroxylation is 1. The lowest BCUT2D eigenvalue weighted by Crippen LogP contribution is -2.06. The highest BCUT2D eigenvalue weighted by molar-refractivity contribution is 5.99. The molecule has 0 aliphatic carbocycles. The van der Waals surface area contributed by atoms with Crippen LogP contribution in [-0.4, -0.2) is 31.8 Å². The second-order valence-corrected chi connectivity index (χ2v) is 6.12. The summed E-state index contributed by atoms with van der Waals surface area (Å²) in [4.78, 5) is 13.2. The number of halogens is 1. The molecule has 0 fully saturated rings. The predicted molar refractivity (Wildman–Crippen MR) is 104 cm³/mol. The third kappa shape index (κ3) is 3.18. The fraction of sp³-hybridized carbons (Fsp3) is 0.158. The third-order valence-electron chi connectivity index (χ3n) is 4.32. The second-order valence-electron chi connectivity index (χ2n) is 6.12. The molecule has 28 heavy (non-hydrogen) atoms. The van der Waals surface area contributed by atoms with Gasteiger partial charge in [0.25, 0.3) is 0 Å². The summed E-state index contributed by atoms with van der Waals surface area (Å²) in [5, 5.41) is 7.92. The van der Waals surface area contributed by atoms with Crippen LogP contribution in [-0.2, 0) is 13.6 Å². The van der Waals surface area contributed by atoms with E-state index >= 15 is 0 Å². The number of benzene rings is 1. The number of ether oxygens (including phenoxy) is 1. The van der Waals surface area contributed by atoms with Gasteiger partial charge in [0.2, 0.25) is 5.95 Å². The quantitative estimate of drug-likeness (QED) is 0.549. The zero-order chi connectivity index (χ0) is 19.7. The van der Waals surface area contributed by atoms with Crippen LogP contribution >= 0.6 is 0 Å². The van der Waals surface area contributed by atoms with Crippen LogP contribution in [0, 0.1) is 5.82 Å². The number of hydrogen-bond acceptors (Lipinski definition) is 7. The first-order valence-corrected chi connectivity index (χ1v) is 8.54. The van der Waals surface area contributed by atoms with Gasteiger partial charge < -0.3 is 15.8 Å². The number of anilines is 2. The van der Waals surface area contributed by atoms with Crippen molar-refractivity contribution in [1.29, 1.82) is 0 Å². The maximum atomic E-state index is 14.7. The van der Waals surface area contributed by atoms with Gasteiger partial charge in [-0.05, 0) is 24.3 Å². The average Bonchev–Trinajstić information content (AvgIpc) is 3.00. The number of nitrogen functional groups attached to an aromatic ring is 1. The summed E-state index contributed by atoms with van der Waals surface area (Å²) in [5.41, 5.74) is 7.99. The summed E-state index contributed by atoms with van der Waals surface area (Å²) < 4.78 is 21.3. The summed E-state index contributed by atoms with van der Waals surface area (Å²) in [5.74, 6) is 0.607. The van der Waals surface area contributed by atoms with Crippen LogP contribution in [0.15, 0.2) is 42.6 Å². The monoisotopic (exact) mass is 379 g/mol. The molecule has 142 valence electrons. The number of methoxy groups -OCH3 is 1. The number of pyridine rings is 1. The van der Waals surface area contributed by atoms with Gasteiger partial charge in [-0.3, -0.25) is 9.67 Å². The number of aromatic nitrogens is 5. The molecule has 4 rings (SSSR count). The smallest absolute Gasteiger partial charge is 0.225 e. The molecule has 3 N–H and O–H groups in total. The van der Waals surface area contributed by atoms with Gasteiger partial charge in [0, 0.05) is 24.9 Å². The Morgan fingerprint density at radius 1 is 1.21 bits per heavy atom. The van der Waals surface area contributed by atoms with Crippen molar-refractivity contribution in [1.82, 2.24) is 24.7 Å². The van der Waals surface area contributed by atoms with Gasteiger partial charge >= 0.3 is 0 Å². The first kappa shape index (κ1) is 17.7. The van der Waals surface area contributed by atoms with E-state index in [0.29, 0.717) is 40.8 Å². The largest absolute Gasteiger partial charge is 0.497 e. The normalized spacial score (nSPS) is 11.0. The van der Waals surface area contributed by atoms with E-state index < -0.39 is 5.82 Å². The van der Waals surface area contributed by atoms with Crippen LogP contribution in [0.2, 0.25) is 0 Å². The highest BCUT2D eigenvalue weighted by atomic mass is 19.1. The number of hydrogen-bond donors (Lipinski definition) is 2. The molecular weight excluding hydrogens is 361 g/mol. The lowest BCUT2D eigenvalue weighted by atomic mass is 10.1. The Kier molecular flexibility index (Phi) is 4.48. The summed E-state index contributed by atoms with van der Waals surface area (Å²) in [6.45, 7) is 0.416. The van der Waals surface area contributed by atoms with Crippen molar-refractivity contribution in [2.45, 2.75) is 6.54 Å². The molecule has 0 atom stereocenters. The van der Waals surface area contributed by atoms with Crippen molar-refractivity contribution in [3.05, 3.63) is 54.1 Å². The Morgan fingerprint density at radius 2 is 2.07 bits per heavy atom. The maximum absolute atomic E-state index is 14.7. The third-order valence-corrected chi connectivity index (χ3v) is 4.32. The zero-order valence-electron chi connectivity index (χ0n) is 15.3. The standard InChI is InChI=1S/C19H18FN7O/c1-27-17(21)15-16(13-7-6-12(28-2)9-14(13)20)24-19(25-18(15)26-27)23-10-11-5-3-4-8-22-11/h3-9H,10,21H2,1-2H3,(H,23,25,26). The number of nitrogens with two attached hydrogens (primary N) is 1. The minimum Gasteiger partial charge on any atom is -0.497 e. The van der Waals surface area contributed by atoms with E-state index in [9.17, 15) is 4.39 Å². The van der Waals surface area contributed by atoms with Crippen molar-refractivity contribution in [2.24, 2.45) is 7.05 Å². The van der Waals surface area contributed by atoms with Crippen molar-refractivity contribution in [3.8, 4) is 17.0 Å². The maximum Gasteiger partial charge on any atom is 0.225 e. The lowest BCUT2D eigenvalue weighted by molar-refractivity contribution is 0.411. The number of nitrogens with zero attached hydrogens (tertiary/aromatic N) is 5. The van der Waals surface area contributed by atoms with Gasteiger partial charge in [-0.15, -0.1) is 0 Å². The fourth-order valence-corrected chi connectivity index (χ4v) is 2.88. The summed E-state index contributed by atoms with van der Waals surface area (Å²) in [6, 6.07) is 10.2. The summed E-state index contributed by atoms with van der Waals surface area (Å²) >= 11 is 0. The van der Waals surface area contributed by atoms with E-state index in [1.807, 2.05) is 18.2 Å². The molecule has 0 amide bonds. The molecule has 0 saturated heterocycles. The van der Waals surface area contributed by atoms with Gasteiger partial charge in [0.05, 0.1) is 30.4 Å². The molecule has 4 aromatic rings. The molecule has 8 nitrogen and oxygen atoms in total. The molecule has 1 aromatic carbocycles. The molecule has 0 aliphatic rings. The Balaban J connectivity index is 1.81. The molecule has 0 radical (unpaired) electrons. The zero-order valence-corrected chi connectivity index (χ0v) is 15.3. The Morgan fingerprint density at radius 3 is 2.79 bits per heavy atom. The Labute approximate surface area is 160 Å². The fourth-order valence-electron chi connectivity index (χ4n) is 2.88. The highest BCUT2D eigenvalue weighted by Gasteiger charge is 2.19. The van der Waals surface area contributed by atoms with E-state index in [1.54, 1.807) is 25.4 Å². The molecule has 0 aliphatic heterocycles. The molecule has 0 unspecified atom stereocenters. The van der Waals surface area contributed by atoms with Gasteiger partial charge in [0.15, 0.2) is 5.65 Å². The van der Waals surface area contributed by atoms with Crippen molar-refractivity contribution < 1.29 is 9.13 Å². The van der Waals surface area contributed by atoms with Crippen LogP contribution in [0.5, 0.6) is 5.75 Å². The van der Waals surface area contributed by atoms with E-state index in [0.717, 1.165) is 5.69 Å². The first-order valence-electron chi connectivity index (χ1n) is 8.54. The molecule has 0 saturated carbocycles. The molecule has 9 heteroatoms.